The number of nitriles is 1. The van der Waals surface area contributed by atoms with Crippen LogP contribution >= 0.6 is 0 Å². The summed E-state index contributed by atoms with van der Waals surface area (Å²) in [5, 5.41) is 9.51. The van der Waals surface area contributed by atoms with E-state index in [1.165, 1.54) is 0 Å². The normalized spacial score (nSPS) is 14.6. The molecule has 0 amide bonds. The fourth-order valence-corrected chi connectivity index (χ4v) is 3.77. The molecule has 0 aromatic rings. The molecule has 0 fully saturated rings. The van der Waals surface area contributed by atoms with Gasteiger partial charge in [-0.15, -0.1) is 0 Å². The Kier molecular flexibility index (Phi) is 11.0. The first-order valence-corrected chi connectivity index (χ1v) is 10.0. The summed E-state index contributed by atoms with van der Waals surface area (Å²) in [5.74, 6) is -0.449. The second kappa shape index (κ2) is 11.5. The standard InChI is InChI=1S/C21H41N2O2/c1-8-11-12-13-25-20(24)19(15-22)17-23(9-2,10-3)16-18(4)14-21(5,6)7/h18-19H,8-14,16-17H2,1-7H3/q+1. The van der Waals surface area contributed by atoms with Crippen LogP contribution in [-0.4, -0.2) is 43.2 Å². The molecule has 0 heterocycles. The molecule has 2 unspecified atom stereocenters. The Hall–Kier alpha value is -1.08. The number of nitrogens with zero attached hydrogens (tertiary/aromatic N) is 2. The average molecular weight is 354 g/mol. The maximum Gasteiger partial charge on any atom is 0.329 e. The van der Waals surface area contributed by atoms with Gasteiger partial charge in [0.15, 0.2) is 5.92 Å². The topological polar surface area (TPSA) is 50.1 Å². The van der Waals surface area contributed by atoms with E-state index in [0.29, 0.717) is 24.5 Å². The van der Waals surface area contributed by atoms with Crippen molar-refractivity contribution in [2.75, 3.05) is 32.8 Å². The number of hydrogen-bond donors (Lipinski definition) is 0. The summed E-state index contributed by atoms with van der Waals surface area (Å²) in [4.78, 5) is 12.3. The zero-order valence-electron chi connectivity index (χ0n) is 17.7. The van der Waals surface area contributed by atoms with Gasteiger partial charge < -0.3 is 9.22 Å². The van der Waals surface area contributed by atoms with Crippen LogP contribution in [0, 0.1) is 28.6 Å². The van der Waals surface area contributed by atoms with Crippen LogP contribution < -0.4 is 0 Å². The second-order valence-corrected chi connectivity index (χ2v) is 8.77. The van der Waals surface area contributed by atoms with Crippen LogP contribution in [0.15, 0.2) is 0 Å². The SMILES string of the molecule is CCCCCOC(=O)C(C#N)C[N+](CC)(CC)CC(C)CC(C)(C)C. The third-order valence-electron chi connectivity index (χ3n) is 5.00. The monoisotopic (exact) mass is 353 g/mol. The van der Waals surface area contributed by atoms with Gasteiger partial charge in [0.05, 0.1) is 32.3 Å². The van der Waals surface area contributed by atoms with Gasteiger partial charge in [0.25, 0.3) is 0 Å². The lowest BCUT2D eigenvalue weighted by molar-refractivity contribution is -0.929. The molecule has 146 valence electrons. The van der Waals surface area contributed by atoms with Crippen molar-refractivity contribution in [2.45, 2.75) is 74.1 Å². The van der Waals surface area contributed by atoms with Gasteiger partial charge in [-0.1, -0.05) is 47.5 Å². The molecule has 0 saturated heterocycles. The Balaban J connectivity index is 4.88. The molecular formula is C21H41N2O2+. The molecule has 0 radical (unpaired) electrons. The summed E-state index contributed by atoms with van der Waals surface area (Å²) in [6.45, 7) is 19.4. The maximum absolute atomic E-state index is 12.3. The molecule has 0 aliphatic rings. The highest BCUT2D eigenvalue weighted by Crippen LogP contribution is 2.27. The van der Waals surface area contributed by atoms with E-state index in [0.717, 1.165) is 49.8 Å². The molecule has 25 heavy (non-hydrogen) atoms. The van der Waals surface area contributed by atoms with Crippen molar-refractivity contribution in [1.82, 2.24) is 0 Å². The molecule has 0 aromatic carbocycles. The molecule has 0 aromatic heterocycles. The molecule has 0 spiro atoms. The molecule has 4 heteroatoms. The van der Waals surface area contributed by atoms with E-state index >= 15 is 0 Å². The number of carbonyl (C=O) groups excluding carboxylic acids is 1. The summed E-state index contributed by atoms with van der Waals surface area (Å²) >= 11 is 0. The van der Waals surface area contributed by atoms with Gasteiger partial charge in [-0.05, 0) is 32.1 Å². The number of unbranched alkanes of at least 4 members (excludes halogenated alkanes) is 2. The number of hydrogen-bond acceptors (Lipinski definition) is 3. The van der Waals surface area contributed by atoms with Crippen LogP contribution in [0.4, 0.5) is 0 Å². The fraction of sp³-hybridized carbons (Fsp3) is 0.905. The lowest BCUT2D eigenvalue weighted by atomic mass is 9.85. The van der Waals surface area contributed by atoms with Gasteiger partial charge in [0, 0.05) is 5.92 Å². The van der Waals surface area contributed by atoms with Crippen molar-refractivity contribution in [3.8, 4) is 6.07 Å². The summed E-state index contributed by atoms with van der Waals surface area (Å²) in [5.41, 5.74) is 0.295. The largest absolute Gasteiger partial charge is 0.465 e. The van der Waals surface area contributed by atoms with Crippen molar-refractivity contribution in [3.05, 3.63) is 0 Å². The molecule has 2 atom stereocenters. The predicted molar refractivity (Wildman–Crippen MR) is 104 cm³/mol. The van der Waals surface area contributed by atoms with E-state index < -0.39 is 5.92 Å². The van der Waals surface area contributed by atoms with Gasteiger partial charge >= 0.3 is 5.97 Å². The molecule has 0 bridgehead atoms. The molecule has 0 N–H and O–H groups in total. The van der Waals surface area contributed by atoms with E-state index in [2.05, 4.69) is 54.5 Å². The Morgan fingerprint density at radius 1 is 1.12 bits per heavy atom. The van der Waals surface area contributed by atoms with Crippen LogP contribution in [-0.2, 0) is 9.53 Å². The highest BCUT2D eigenvalue weighted by atomic mass is 16.5. The van der Waals surface area contributed by atoms with Crippen molar-refractivity contribution in [2.24, 2.45) is 17.3 Å². The van der Waals surface area contributed by atoms with Gasteiger partial charge in [-0.3, -0.25) is 4.79 Å². The van der Waals surface area contributed by atoms with Crippen molar-refractivity contribution >= 4 is 5.97 Å². The zero-order chi connectivity index (χ0) is 19.5. The minimum Gasteiger partial charge on any atom is -0.465 e. The molecule has 0 rings (SSSR count). The van der Waals surface area contributed by atoms with Crippen molar-refractivity contribution < 1.29 is 14.0 Å². The number of ether oxygens (including phenoxy) is 1. The minimum atomic E-state index is -0.664. The number of rotatable bonds is 12. The highest BCUT2D eigenvalue weighted by Gasteiger charge is 2.34. The molecule has 4 nitrogen and oxygen atoms in total. The van der Waals surface area contributed by atoms with Gasteiger partial charge in [0.2, 0.25) is 0 Å². The van der Waals surface area contributed by atoms with Gasteiger partial charge in [0.1, 0.15) is 6.54 Å². The molecule has 0 saturated carbocycles. The van der Waals surface area contributed by atoms with Crippen molar-refractivity contribution in [1.29, 1.82) is 5.26 Å². The van der Waals surface area contributed by atoms with Gasteiger partial charge in [-0.25, -0.2) is 0 Å². The van der Waals surface area contributed by atoms with Crippen LogP contribution in [0.5, 0.6) is 0 Å². The van der Waals surface area contributed by atoms with E-state index in [-0.39, 0.29) is 5.97 Å². The summed E-state index contributed by atoms with van der Waals surface area (Å²) < 4.78 is 6.15. The number of esters is 1. The Bertz CT molecular complexity index is 417. The van der Waals surface area contributed by atoms with Gasteiger partial charge in [-0.2, -0.15) is 5.26 Å². The molecular weight excluding hydrogens is 312 g/mol. The first-order valence-electron chi connectivity index (χ1n) is 10.0. The molecule has 0 aliphatic heterocycles. The minimum absolute atomic E-state index is 0.295. The Labute approximate surface area is 156 Å². The van der Waals surface area contributed by atoms with Crippen LogP contribution in [0.1, 0.15) is 74.1 Å². The van der Waals surface area contributed by atoms with Crippen LogP contribution in [0.25, 0.3) is 0 Å². The maximum atomic E-state index is 12.3. The Morgan fingerprint density at radius 3 is 2.16 bits per heavy atom. The second-order valence-electron chi connectivity index (χ2n) is 8.77. The summed E-state index contributed by atoms with van der Waals surface area (Å²) in [7, 11) is 0. The van der Waals surface area contributed by atoms with Crippen LogP contribution in [0.3, 0.4) is 0 Å². The third-order valence-corrected chi connectivity index (χ3v) is 5.00. The van der Waals surface area contributed by atoms with E-state index in [1.54, 1.807) is 0 Å². The first kappa shape index (κ1) is 23.9. The summed E-state index contributed by atoms with van der Waals surface area (Å²) in [6.07, 6.45) is 4.17. The summed E-state index contributed by atoms with van der Waals surface area (Å²) in [6, 6.07) is 2.20. The fourth-order valence-electron chi connectivity index (χ4n) is 3.77. The Morgan fingerprint density at radius 2 is 1.72 bits per heavy atom. The third kappa shape index (κ3) is 9.84. The van der Waals surface area contributed by atoms with Crippen molar-refractivity contribution in [3.63, 3.8) is 0 Å². The van der Waals surface area contributed by atoms with E-state index in [4.69, 9.17) is 4.74 Å². The zero-order valence-corrected chi connectivity index (χ0v) is 17.7. The van der Waals surface area contributed by atoms with Crippen LogP contribution in [0.2, 0.25) is 0 Å². The predicted octanol–water partition coefficient (Wildman–Crippen LogP) is 4.79. The average Bonchev–Trinajstić information content (AvgIpc) is 2.53. The highest BCUT2D eigenvalue weighted by molar-refractivity contribution is 5.75. The molecule has 0 aliphatic carbocycles. The number of carbonyl (C=O) groups is 1. The lowest BCUT2D eigenvalue weighted by Gasteiger charge is -2.40. The first-order chi connectivity index (χ1) is 11.6. The van der Waals surface area contributed by atoms with E-state index in [9.17, 15) is 10.1 Å². The smallest absolute Gasteiger partial charge is 0.329 e. The quantitative estimate of drug-likeness (QED) is 0.288. The number of quaternary nitrogens is 1. The van der Waals surface area contributed by atoms with E-state index in [1.807, 2.05) is 0 Å². The lowest BCUT2D eigenvalue weighted by Crippen LogP contribution is -2.54.